The molecule has 1 heterocycles. The van der Waals surface area contributed by atoms with Gasteiger partial charge in [-0.3, -0.25) is 0 Å². The van der Waals surface area contributed by atoms with E-state index >= 15 is 0 Å². The quantitative estimate of drug-likeness (QED) is 0.758. The van der Waals surface area contributed by atoms with Gasteiger partial charge >= 0.3 is 6.18 Å². The smallest absolute Gasteiger partial charge is 0.233 e. The molecule has 100 valence electrons. The molecule has 6 heteroatoms. The van der Waals surface area contributed by atoms with Crippen LogP contribution < -0.4 is 0 Å². The molecule has 0 amide bonds. The topological polar surface area (TPSA) is 25.8 Å². The molecule has 1 aromatic carbocycles. The number of benzene rings is 1. The van der Waals surface area contributed by atoms with Gasteiger partial charge in [-0.25, -0.2) is 9.97 Å². The Morgan fingerprint density at radius 1 is 1.11 bits per heavy atom. The molecular formula is C13H10BrF3N2. The Kier molecular flexibility index (Phi) is 3.89. The van der Waals surface area contributed by atoms with Crippen LogP contribution in [0.2, 0.25) is 0 Å². The van der Waals surface area contributed by atoms with Gasteiger partial charge in [0.05, 0.1) is 11.3 Å². The Hall–Kier alpha value is -1.43. The van der Waals surface area contributed by atoms with Gasteiger partial charge in [0.1, 0.15) is 10.4 Å². The second-order valence-corrected chi connectivity index (χ2v) is 4.73. The van der Waals surface area contributed by atoms with Crippen molar-refractivity contribution in [3.8, 4) is 11.3 Å². The molecule has 19 heavy (non-hydrogen) atoms. The molecule has 0 radical (unpaired) electrons. The van der Waals surface area contributed by atoms with Crippen molar-refractivity contribution in [2.45, 2.75) is 19.5 Å². The summed E-state index contributed by atoms with van der Waals surface area (Å²) in [6.45, 7) is 1.91. The van der Waals surface area contributed by atoms with E-state index in [-0.39, 0.29) is 0 Å². The molecular weight excluding hydrogens is 321 g/mol. The van der Waals surface area contributed by atoms with Crippen LogP contribution in [-0.4, -0.2) is 9.97 Å². The van der Waals surface area contributed by atoms with Crippen molar-refractivity contribution >= 4 is 15.9 Å². The van der Waals surface area contributed by atoms with Crippen molar-refractivity contribution < 1.29 is 13.2 Å². The summed E-state index contributed by atoms with van der Waals surface area (Å²) in [6, 6.07) is 6.61. The fraction of sp³-hybridized carbons (Fsp3) is 0.231. The van der Waals surface area contributed by atoms with Crippen molar-refractivity contribution in [1.82, 2.24) is 9.97 Å². The van der Waals surface area contributed by atoms with E-state index in [1.54, 1.807) is 6.07 Å². The predicted molar refractivity (Wildman–Crippen MR) is 69.5 cm³/mol. The lowest BCUT2D eigenvalue weighted by Gasteiger charge is -2.08. The minimum Gasteiger partial charge on any atom is -0.233 e. The Morgan fingerprint density at radius 3 is 2.26 bits per heavy atom. The minimum atomic E-state index is -4.32. The van der Waals surface area contributed by atoms with Gasteiger partial charge in [-0.2, -0.15) is 13.2 Å². The first-order valence-corrected chi connectivity index (χ1v) is 6.40. The molecule has 0 atom stereocenters. The van der Waals surface area contributed by atoms with Gasteiger partial charge in [0.15, 0.2) is 0 Å². The monoisotopic (exact) mass is 330 g/mol. The summed E-state index contributed by atoms with van der Waals surface area (Å²) in [5.74, 6) is 0.643. The molecule has 1 aromatic heterocycles. The molecule has 0 bridgehead atoms. The highest BCUT2D eigenvalue weighted by molar-refractivity contribution is 9.10. The van der Waals surface area contributed by atoms with E-state index in [0.29, 0.717) is 28.1 Å². The maximum Gasteiger partial charge on any atom is 0.416 e. The molecule has 0 aliphatic rings. The van der Waals surface area contributed by atoms with Crippen molar-refractivity contribution in [2.24, 2.45) is 0 Å². The number of nitrogens with zero attached hydrogens (tertiary/aromatic N) is 2. The van der Waals surface area contributed by atoms with Gasteiger partial charge in [-0.1, -0.05) is 19.1 Å². The number of halogens is 4. The zero-order valence-corrected chi connectivity index (χ0v) is 11.6. The summed E-state index contributed by atoms with van der Waals surface area (Å²) >= 11 is 3.27. The van der Waals surface area contributed by atoms with Gasteiger partial charge < -0.3 is 0 Å². The van der Waals surface area contributed by atoms with Gasteiger partial charge in [-0.15, -0.1) is 0 Å². The Labute approximate surface area is 116 Å². The van der Waals surface area contributed by atoms with Crippen LogP contribution in [0.25, 0.3) is 11.3 Å². The van der Waals surface area contributed by atoms with Gasteiger partial charge in [-0.05, 0) is 34.1 Å². The summed E-state index contributed by atoms with van der Waals surface area (Å²) < 4.78 is 38.0. The number of aromatic nitrogens is 2. The van der Waals surface area contributed by atoms with Crippen LogP contribution in [0.3, 0.4) is 0 Å². The molecule has 0 aliphatic heterocycles. The summed E-state index contributed by atoms with van der Waals surface area (Å²) in [6.07, 6.45) is -3.66. The van der Waals surface area contributed by atoms with Crippen molar-refractivity contribution in [3.05, 3.63) is 46.3 Å². The van der Waals surface area contributed by atoms with Crippen LogP contribution in [-0.2, 0) is 12.6 Å². The molecule has 0 fully saturated rings. The zero-order chi connectivity index (χ0) is 14.0. The van der Waals surface area contributed by atoms with E-state index in [9.17, 15) is 13.2 Å². The van der Waals surface area contributed by atoms with Crippen LogP contribution in [0.5, 0.6) is 0 Å². The SMILES string of the molecule is CCc1nc(Br)cc(-c2ccc(C(F)(F)F)cc2)n1. The highest BCUT2D eigenvalue weighted by Crippen LogP contribution is 2.30. The maximum atomic E-state index is 12.5. The molecule has 2 nitrogen and oxygen atoms in total. The molecule has 2 rings (SSSR count). The fourth-order valence-corrected chi connectivity index (χ4v) is 2.02. The predicted octanol–water partition coefficient (Wildman–Crippen LogP) is 4.49. The molecule has 2 aromatic rings. The van der Waals surface area contributed by atoms with Crippen molar-refractivity contribution in [1.29, 1.82) is 0 Å². The standard InChI is InChI=1S/C13H10BrF3N2/c1-2-12-18-10(7-11(14)19-12)8-3-5-9(6-4-8)13(15,16)17/h3-7H,2H2,1H3. The van der Waals surface area contributed by atoms with Gasteiger partial charge in [0.25, 0.3) is 0 Å². The van der Waals surface area contributed by atoms with Crippen molar-refractivity contribution in [2.75, 3.05) is 0 Å². The maximum absolute atomic E-state index is 12.5. The second kappa shape index (κ2) is 5.28. The van der Waals surface area contributed by atoms with E-state index in [1.807, 2.05) is 6.92 Å². The number of rotatable bonds is 2. The van der Waals surface area contributed by atoms with Crippen molar-refractivity contribution in [3.63, 3.8) is 0 Å². The average molecular weight is 331 g/mol. The van der Waals surface area contributed by atoms with E-state index in [0.717, 1.165) is 12.1 Å². The third-order valence-electron chi connectivity index (χ3n) is 2.57. The lowest BCUT2D eigenvalue weighted by Crippen LogP contribution is -2.04. The number of hydrogen-bond donors (Lipinski definition) is 0. The lowest BCUT2D eigenvalue weighted by molar-refractivity contribution is -0.137. The summed E-state index contributed by atoms with van der Waals surface area (Å²) in [4.78, 5) is 8.45. The number of hydrogen-bond acceptors (Lipinski definition) is 2. The summed E-state index contributed by atoms with van der Waals surface area (Å²) in [7, 11) is 0. The third-order valence-corrected chi connectivity index (χ3v) is 2.97. The fourth-order valence-electron chi connectivity index (χ4n) is 1.60. The van der Waals surface area contributed by atoms with Crippen LogP contribution >= 0.6 is 15.9 Å². The Balaban J connectivity index is 2.40. The normalized spacial score (nSPS) is 11.6. The van der Waals surface area contributed by atoms with E-state index in [4.69, 9.17) is 0 Å². The van der Waals surface area contributed by atoms with E-state index in [2.05, 4.69) is 25.9 Å². The number of alkyl halides is 3. The molecule has 0 saturated heterocycles. The molecule has 0 spiro atoms. The lowest BCUT2D eigenvalue weighted by atomic mass is 10.1. The molecule has 0 N–H and O–H groups in total. The van der Waals surface area contributed by atoms with Gasteiger partial charge in [0.2, 0.25) is 0 Å². The highest BCUT2D eigenvalue weighted by Gasteiger charge is 2.30. The largest absolute Gasteiger partial charge is 0.416 e. The third kappa shape index (κ3) is 3.32. The number of aryl methyl sites for hydroxylation is 1. The first kappa shape index (κ1) is 14.0. The van der Waals surface area contributed by atoms with Crippen LogP contribution in [0, 0.1) is 0 Å². The second-order valence-electron chi connectivity index (χ2n) is 3.92. The van der Waals surface area contributed by atoms with E-state index in [1.165, 1.54) is 12.1 Å². The minimum absolute atomic E-state index is 0.604. The Bertz CT molecular complexity index is 579. The highest BCUT2D eigenvalue weighted by atomic mass is 79.9. The Morgan fingerprint density at radius 2 is 1.74 bits per heavy atom. The van der Waals surface area contributed by atoms with Crippen LogP contribution in [0.4, 0.5) is 13.2 Å². The average Bonchev–Trinajstić information content (AvgIpc) is 2.37. The molecule has 0 saturated carbocycles. The zero-order valence-electron chi connectivity index (χ0n) is 10.0. The van der Waals surface area contributed by atoms with Crippen LogP contribution in [0.1, 0.15) is 18.3 Å². The molecule has 0 unspecified atom stereocenters. The summed E-state index contributed by atoms with van der Waals surface area (Å²) in [5.41, 5.74) is 0.568. The first-order valence-electron chi connectivity index (χ1n) is 5.61. The van der Waals surface area contributed by atoms with E-state index < -0.39 is 11.7 Å². The van der Waals surface area contributed by atoms with Crippen LogP contribution in [0.15, 0.2) is 34.9 Å². The first-order chi connectivity index (χ1) is 8.90. The summed E-state index contributed by atoms with van der Waals surface area (Å²) in [5, 5.41) is 0. The van der Waals surface area contributed by atoms with Gasteiger partial charge in [0, 0.05) is 12.0 Å². The molecule has 0 aliphatic carbocycles.